The molecule has 3 aromatic carbocycles. The summed E-state index contributed by atoms with van der Waals surface area (Å²) < 4.78 is 61.0. The lowest BCUT2D eigenvalue weighted by atomic mass is 9.98. The van der Waals surface area contributed by atoms with Gasteiger partial charge in [0.1, 0.15) is 17.3 Å². The fourth-order valence-corrected chi connectivity index (χ4v) is 5.26. The van der Waals surface area contributed by atoms with Gasteiger partial charge in [0.05, 0.1) is 27.8 Å². The van der Waals surface area contributed by atoms with E-state index in [0.29, 0.717) is 16.4 Å². The van der Waals surface area contributed by atoms with Gasteiger partial charge in [-0.2, -0.15) is 13.2 Å². The Morgan fingerprint density at radius 2 is 1.83 bits per heavy atom. The summed E-state index contributed by atoms with van der Waals surface area (Å²) in [5.41, 5.74) is 3.28. The van der Waals surface area contributed by atoms with E-state index in [1.165, 1.54) is 41.9 Å². The first kappa shape index (κ1) is 27.6. The molecule has 2 aliphatic rings. The van der Waals surface area contributed by atoms with Crippen molar-refractivity contribution in [3.05, 3.63) is 77.6 Å². The zero-order chi connectivity index (χ0) is 29.5. The van der Waals surface area contributed by atoms with Crippen molar-refractivity contribution in [3.8, 4) is 11.5 Å². The Kier molecular flexibility index (Phi) is 7.02. The zero-order valence-electron chi connectivity index (χ0n) is 21.6. The van der Waals surface area contributed by atoms with Crippen molar-refractivity contribution >= 4 is 50.5 Å². The number of fused-ring (bicyclic) bond motifs is 1. The third-order valence-electron chi connectivity index (χ3n) is 6.68. The molecular weight excluding hydrogens is 576 g/mol. The van der Waals surface area contributed by atoms with Gasteiger partial charge in [-0.1, -0.05) is 29.5 Å². The number of aromatic nitrogens is 1. The highest BCUT2D eigenvalue weighted by Gasteiger charge is 2.41. The number of hydrogen-bond donors (Lipinski definition) is 4. The van der Waals surface area contributed by atoms with Crippen LogP contribution in [0.2, 0.25) is 0 Å². The van der Waals surface area contributed by atoms with Crippen LogP contribution < -0.4 is 26.2 Å². The lowest BCUT2D eigenvalue weighted by Gasteiger charge is -2.25. The molecule has 0 bridgehead atoms. The van der Waals surface area contributed by atoms with Crippen LogP contribution >= 0.6 is 11.3 Å². The van der Waals surface area contributed by atoms with E-state index in [9.17, 15) is 27.2 Å². The molecule has 4 aromatic rings. The lowest BCUT2D eigenvalue weighted by molar-refractivity contribution is -0.137. The van der Waals surface area contributed by atoms with E-state index in [4.69, 9.17) is 4.74 Å². The van der Waals surface area contributed by atoms with Gasteiger partial charge >= 0.3 is 6.18 Å². The third-order valence-corrected chi connectivity index (χ3v) is 7.61. The van der Waals surface area contributed by atoms with Crippen LogP contribution in [0.25, 0.3) is 10.2 Å². The van der Waals surface area contributed by atoms with Crippen LogP contribution in [0.5, 0.6) is 11.5 Å². The SMILES string of the molecule is O=C(Nc1nc2ccc(Oc3ccc(F)c(NC(=O)C4(Cc5cccc(C(F)(F)F)c5)N=CNN4)c3)cc2s1)C1CC1. The predicted molar refractivity (Wildman–Crippen MR) is 149 cm³/mol. The topological polar surface area (TPSA) is 117 Å². The Hall–Kier alpha value is -4.56. The molecule has 2 heterocycles. The minimum Gasteiger partial charge on any atom is -0.457 e. The van der Waals surface area contributed by atoms with Crippen LogP contribution in [0.3, 0.4) is 0 Å². The van der Waals surface area contributed by atoms with Crippen LogP contribution in [0, 0.1) is 11.7 Å². The van der Waals surface area contributed by atoms with Crippen molar-refractivity contribution in [1.29, 1.82) is 0 Å². The molecule has 2 amide bonds. The first-order valence-corrected chi connectivity index (χ1v) is 13.6. The number of hydrazine groups is 1. The second-order valence-electron chi connectivity index (χ2n) is 9.87. The molecule has 14 heteroatoms. The molecule has 9 nitrogen and oxygen atoms in total. The van der Waals surface area contributed by atoms with E-state index in [-0.39, 0.29) is 35.2 Å². The number of nitrogens with zero attached hydrogens (tertiary/aromatic N) is 2. The number of halogens is 4. The van der Waals surface area contributed by atoms with Crippen LogP contribution in [0.15, 0.2) is 65.7 Å². The van der Waals surface area contributed by atoms with Gasteiger partial charge in [-0.05, 0) is 48.7 Å². The lowest BCUT2D eigenvalue weighted by Crippen LogP contribution is -2.55. The minimum absolute atomic E-state index is 0.0442. The maximum Gasteiger partial charge on any atom is 0.416 e. The fourth-order valence-electron chi connectivity index (χ4n) is 4.37. The molecular formula is C28H22F4N6O3S. The van der Waals surface area contributed by atoms with Crippen LogP contribution in [-0.2, 0) is 22.2 Å². The number of nitrogens with one attached hydrogen (secondary N) is 4. The van der Waals surface area contributed by atoms with E-state index in [1.54, 1.807) is 18.2 Å². The molecule has 0 spiro atoms. The van der Waals surface area contributed by atoms with Gasteiger partial charge in [0, 0.05) is 24.5 Å². The standard InChI is InChI=1S/C28H22F4N6O3S/c29-20-8-6-18(41-19-7-9-21-23(12-19)42-26(36-21)37-24(39)16-4-5-16)11-22(20)35-25(40)27(33-14-34-38-27)13-15-2-1-3-17(10-15)28(30,31)32/h1-3,6-12,14,16,38H,4-5,13H2,(H,33,34)(H,35,40)(H,36,37,39). The van der Waals surface area contributed by atoms with Crippen LogP contribution in [0.4, 0.5) is 28.4 Å². The second kappa shape index (κ2) is 10.7. The number of benzene rings is 3. The van der Waals surface area contributed by atoms with Gasteiger partial charge in [-0.25, -0.2) is 19.8 Å². The molecule has 6 rings (SSSR count). The first-order chi connectivity index (χ1) is 20.1. The number of anilines is 2. The Morgan fingerprint density at radius 3 is 2.57 bits per heavy atom. The molecule has 1 saturated carbocycles. The average Bonchev–Trinajstić information content (AvgIpc) is 3.57. The highest BCUT2D eigenvalue weighted by Crippen LogP contribution is 2.35. The normalized spacial score (nSPS) is 18.1. The van der Waals surface area contributed by atoms with Crippen molar-refractivity contribution in [2.24, 2.45) is 10.9 Å². The first-order valence-electron chi connectivity index (χ1n) is 12.8. The summed E-state index contributed by atoms with van der Waals surface area (Å²) in [5, 5.41) is 5.78. The number of aliphatic imine (C=N–C) groups is 1. The summed E-state index contributed by atoms with van der Waals surface area (Å²) in [6.07, 6.45) is -1.85. The highest BCUT2D eigenvalue weighted by molar-refractivity contribution is 7.22. The number of thiazole rings is 1. The molecule has 0 radical (unpaired) electrons. The Morgan fingerprint density at radius 1 is 1.05 bits per heavy atom. The molecule has 1 aliphatic carbocycles. The molecule has 1 unspecified atom stereocenters. The van der Waals surface area contributed by atoms with Gasteiger partial charge in [-0.15, -0.1) is 0 Å². The molecule has 1 aliphatic heterocycles. The van der Waals surface area contributed by atoms with Crippen molar-refractivity contribution in [2.45, 2.75) is 31.1 Å². The number of amides is 2. The molecule has 1 atom stereocenters. The van der Waals surface area contributed by atoms with E-state index in [0.717, 1.165) is 35.7 Å². The van der Waals surface area contributed by atoms with E-state index < -0.39 is 29.1 Å². The molecule has 0 saturated heterocycles. The molecule has 42 heavy (non-hydrogen) atoms. The fraction of sp³-hybridized carbons (Fsp3) is 0.214. The number of rotatable bonds is 8. The van der Waals surface area contributed by atoms with Gasteiger partial charge in [0.2, 0.25) is 11.6 Å². The summed E-state index contributed by atoms with van der Waals surface area (Å²) in [7, 11) is 0. The quantitative estimate of drug-likeness (QED) is 0.196. The molecule has 1 fully saturated rings. The summed E-state index contributed by atoms with van der Waals surface area (Å²) in [5.74, 6) is -0.921. The molecule has 1 aromatic heterocycles. The van der Waals surface area contributed by atoms with Crippen LogP contribution in [0.1, 0.15) is 24.0 Å². The summed E-state index contributed by atoms with van der Waals surface area (Å²) in [4.78, 5) is 33.9. The molecule has 216 valence electrons. The molecule has 4 N–H and O–H groups in total. The maximum absolute atomic E-state index is 14.8. The summed E-state index contributed by atoms with van der Waals surface area (Å²) >= 11 is 1.30. The van der Waals surface area contributed by atoms with Crippen LogP contribution in [-0.4, -0.2) is 28.8 Å². The Labute approximate surface area is 240 Å². The summed E-state index contributed by atoms with van der Waals surface area (Å²) in [6, 6.07) is 13.5. The van der Waals surface area contributed by atoms with Crippen molar-refractivity contribution < 1.29 is 31.9 Å². The van der Waals surface area contributed by atoms with E-state index >= 15 is 0 Å². The monoisotopic (exact) mass is 598 g/mol. The second-order valence-corrected chi connectivity index (χ2v) is 10.9. The number of carbonyl (C=O) groups is 2. The minimum atomic E-state index is -4.56. The average molecular weight is 599 g/mol. The Bertz CT molecular complexity index is 1720. The van der Waals surface area contributed by atoms with Crippen molar-refractivity contribution in [1.82, 2.24) is 15.8 Å². The van der Waals surface area contributed by atoms with Gasteiger partial charge in [0.15, 0.2) is 5.13 Å². The van der Waals surface area contributed by atoms with E-state index in [2.05, 4.69) is 31.5 Å². The Balaban J connectivity index is 1.18. The van der Waals surface area contributed by atoms with Gasteiger partial charge in [-0.3, -0.25) is 9.59 Å². The van der Waals surface area contributed by atoms with Crippen molar-refractivity contribution in [3.63, 3.8) is 0 Å². The zero-order valence-corrected chi connectivity index (χ0v) is 22.4. The van der Waals surface area contributed by atoms with Crippen molar-refractivity contribution in [2.75, 3.05) is 10.6 Å². The number of hydrogen-bond acceptors (Lipinski definition) is 8. The largest absolute Gasteiger partial charge is 0.457 e. The maximum atomic E-state index is 14.8. The smallest absolute Gasteiger partial charge is 0.416 e. The van der Waals surface area contributed by atoms with Gasteiger partial charge < -0.3 is 20.8 Å². The predicted octanol–water partition coefficient (Wildman–Crippen LogP) is 5.61. The number of carbonyl (C=O) groups excluding carboxylic acids is 2. The summed E-state index contributed by atoms with van der Waals surface area (Å²) in [6.45, 7) is 0. The number of alkyl halides is 3. The third kappa shape index (κ3) is 5.90. The highest BCUT2D eigenvalue weighted by atomic mass is 32.1. The van der Waals surface area contributed by atoms with E-state index in [1.807, 2.05) is 0 Å². The van der Waals surface area contributed by atoms with Gasteiger partial charge in [0.25, 0.3) is 5.91 Å². The number of ether oxygens (including phenoxy) is 1.